The van der Waals surface area contributed by atoms with Crippen LogP contribution in [0.3, 0.4) is 0 Å². The van der Waals surface area contributed by atoms with E-state index in [0.29, 0.717) is 17.1 Å². The van der Waals surface area contributed by atoms with E-state index < -0.39 is 11.7 Å². The molecular weight excluding hydrogens is 359 g/mol. The lowest BCUT2D eigenvalue weighted by atomic mass is 10.1. The first-order valence-electron chi connectivity index (χ1n) is 7.86. The molecule has 0 unspecified atom stereocenters. The summed E-state index contributed by atoms with van der Waals surface area (Å²) >= 11 is 0. The van der Waals surface area contributed by atoms with E-state index in [2.05, 4.69) is 15.5 Å². The lowest BCUT2D eigenvalue weighted by molar-refractivity contribution is -0.137. The second-order valence-electron chi connectivity index (χ2n) is 5.64. The van der Waals surface area contributed by atoms with Gasteiger partial charge in [0, 0.05) is 17.3 Å². The Kier molecular flexibility index (Phi) is 5.07. The van der Waals surface area contributed by atoms with Gasteiger partial charge in [-0.05, 0) is 31.2 Å². The standard InChI is InChI=1S/C19H14F3N3O2/c1-12(26)13-2-4-14(5-3-13)17-8-7-16(27-17)11-24-25-18-9-6-15(10-23-18)19(20,21)22/h2-11H,1H3,(H,23,25)/b24-11-. The number of carbonyl (C=O) groups is 1. The highest BCUT2D eigenvalue weighted by Crippen LogP contribution is 2.28. The van der Waals surface area contributed by atoms with Crippen LogP contribution in [0.25, 0.3) is 11.3 Å². The third-order valence-electron chi connectivity index (χ3n) is 3.66. The Morgan fingerprint density at radius 3 is 2.44 bits per heavy atom. The molecule has 8 heteroatoms. The number of nitrogens with zero attached hydrogens (tertiary/aromatic N) is 2. The van der Waals surface area contributed by atoms with E-state index in [0.717, 1.165) is 17.8 Å². The molecule has 3 rings (SSSR count). The molecule has 0 radical (unpaired) electrons. The van der Waals surface area contributed by atoms with Crippen molar-refractivity contribution in [1.82, 2.24) is 4.98 Å². The summed E-state index contributed by atoms with van der Waals surface area (Å²) in [4.78, 5) is 14.9. The molecule has 27 heavy (non-hydrogen) atoms. The van der Waals surface area contributed by atoms with Crippen LogP contribution in [0.5, 0.6) is 0 Å². The molecule has 0 spiro atoms. The van der Waals surface area contributed by atoms with E-state index in [9.17, 15) is 18.0 Å². The molecular formula is C19H14F3N3O2. The number of ketones is 1. The monoisotopic (exact) mass is 373 g/mol. The van der Waals surface area contributed by atoms with Gasteiger partial charge in [-0.3, -0.25) is 10.2 Å². The molecule has 0 fully saturated rings. The average Bonchev–Trinajstić information content (AvgIpc) is 3.10. The van der Waals surface area contributed by atoms with Crippen molar-refractivity contribution in [2.45, 2.75) is 13.1 Å². The Bertz CT molecular complexity index is 959. The number of aromatic nitrogens is 1. The highest BCUT2D eigenvalue weighted by Gasteiger charge is 2.30. The van der Waals surface area contributed by atoms with Gasteiger partial charge in [-0.1, -0.05) is 24.3 Å². The lowest BCUT2D eigenvalue weighted by Crippen LogP contribution is -2.05. The maximum Gasteiger partial charge on any atom is 0.417 e. The van der Waals surface area contributed by atoms with Gasteiger partial charge in [0.15, 0.2) is 5.78 Å². The van der Waals surface area contributed by atoms with Crippen molar-refractivity contribution in [3.63, 3.8) is 0 Å². The molecule has 2 aromatic heterocycles. The number of furan rings is 1. The maximum atomic E-state index is 12.5. The summed E-state index contributed by atoms with van der Waals surface area (Å²) in [5.41, 5.74) is 3.12. The van der Waals surface area contributed by atoms with E-state index in [-0.39, 0.29) is 11.6 Å². The molecule has 1 aromatic carbocycles. The van der Waals surface area contributed by atoms with Gasteiger partial charge >= 0.3 is 6.18 Å². The molecule has 0 aliphatic rings. The third kappa shape index (κ3) is 4.60. The van der Waals surface area contributed by atoms with Crippen molar-refractivity contribution in [3.05, 3.63) is 71.6 Å². The zero-order chi connectivity index (χ0) is 19.4. The van der Waals surface area contributed by atoms with Gasteiger partial charge in [0.1, 0.15) is 17.3 Å². The first kappa shape index (κ1) is 18.4. The summed E-state index contributed by atoms with van der Waals surface area (Å²) in [7, 11) is 0. The second kappa shape index (κ2) is 7.45. The van der Waals surface area contributed by atoms with E-state index in [1.165, 1.54) is 19.2 Å². The van der Waals surface area contributed by atoms with Gasteiger partial charge in [-0.2, -0.15) is 18.3 Å². The smallest absolute Gasteiger partial charge is 0.417 e. The first-order chi connectivity index (χ1) is 12.8. The quantitative estimate of drug-likeness (QED) is 0.388. The summed E-state index contributed by atoms with van der Waals surface area (Å²) in [5, 5.41) is 3.89. The summed E-state index contributed by atoms with van der Waals surface area (Å²) in [5.74, 6) is 1.20. The van der Waals surface area contributed by atoms with Crippen molar-refractivity contribution in [3.8, 4) is 11.3 Å². The van der Waals surface area contributed by atoms with Gasteiger partial charge in [0.25, 0.3) is 0 Å². The van der Waals surface area contributed by atoms with Crippen LogP contribution in [-0.4, -0.2) is 17.0 Å². The number of hydrogen-bond acceptors (Lipinski definition) is 5. The molecule has 1 N–H and O–H groups in total. The Labute approximate surface area is 152 Å². The number of rotatable bonds is 5. The van der Waals surface area contributed by atoms with Crippen LogP contribution in [-0.2, 0) is 6.18 Å². The fraction of sp³-hybridized carbons (Fsp3) is 0.105. The summed E-state index contributed by atoms with van der Waals surface area (Å²) < 4.78 is 43.1. The molecule has 138 valence electrons. The fourth-order valence-electron chi connectivity index (χ4n) is 2.24. The van der Waals surface area contributed by atoms with E-state index in [1.54, 1.807) is 36.4 Å². The number of alkyl halides is 3. The molecule has 0 atom stereocenters. The Hall–Kier alpha value is -3.42. The molecule has 0 amide bonds. The Morgan fingerprint density at radius 1 is 1.11 bits per heavy atom. The molecule has 0 saturated carbocycles. The number of benzene rings is 1. The Balaban J connectivity index is 1.64. The van der Waals surface area contributed by atoms with Crippen LogP contribution < -0.4 is 5.43 Å². The van der Waals surface area contributed by atoms with Crippen molar-refractivity contribution in [2.24, 2.45) is 5.10 Å². The summed E-state index contributed by atoms with van der Waals surface area (Å²) in [6, 6.07) is 12.5. The van der Waals surface area contributed by atoms with Crippen LogP contribution in [0, 0.1) is 0 Å². The molecule has 0 aliphatic carbocycles. The highest BCUT2D eigenvalue weighted by molar-refractivity contribution is 5.94. The molecule has 2 heterocycles. The topological polar surface area (TPSA) is 67.5 Å². The average molecular weight is 373 g/mol. The first-order valence-corrected chi connectivity index (χ1v) is 7.86. The number of nitrogens with one attached hydrogen (secondary N) is 1. The van der Waals surface area contributed by atoms with Crippen molar-refractivity contribution < 1.29 is 22.4 Å². The molecule has 0 saturated heterocycles. The number of carbonyl (C=O) groups excluding carboxylic acids is 1. The number of Topliss-reactive ketones (excluding diaryl/α,β-unsaturated/α-hetero) is 1. The number of hydrazone groups is 1. The van der Waals surface area contributed by atoms with Gasteiger partial charge in [0.2, 0.25) is 0 Å². The predicted octanol–water partition coefficient (Wildman–Crippen LogP) is 5.01. The predicted molar refractivity (Wildman–Crippen MR) is 94.6 cm³/mol. The minimum Gasteiger partial charge on any atom is -0.455 e. The van der Waals surface area contributed by atoms with Crippen LogP contribution in [0.2, 0.25) is 0 Å². The van der Waals surface area contributed by atoms with E-state index in [1.807, 2.05) is 0 Å². The van der Waals surface area contributed by atoms with Crippen molar-refractivity contribution in [1.29, 1.82) is 0 Å². The van der Waals surface area contributed by atoms with Gasteiger partial charge in [-0.15, -0.1) is 0 Å². The zero-order valence-electron chi connectivity index (χ0n) is 14.1. The van der Waals surface area contributed by atoms with Crippen molar-refractivity contribution in [2.75, 3.05) is 5.43 Å². The van der Waals surface area contributed by atoms with Crippen molar-refractivity contribution >= 4 is 17.8 Å². The van der Waals surface area contributed by atoms with Gasteiger partial charge in [-0.25, -0.2) is 4.98 Å². The minimum atomic E-state index is -4.43. The molecule has 0 aliphatic heterocycles. The largest absolute Gasteiger partial charge is 0.455 e. The summed E-state index contributed by atoms with van der Waals surface area (Å²) in [6.07, 6.45) is -2.32. The minimum absolute atomic E-state index is 0.0169. The molecule has 0 bridgehead atoms. The zero-order valence-corrected chi connectivity index (χ0v) is 14.1. The van der Waals surface area contributed by atoms with E-state index in [4.69, 9.17) is 4.42 Å². The number of hydrogen-bond donors (Lipinski definition) is 1. The molecule has 3 aromatic rings. The van der Waals surface area contributed by atoms with Gasteiger partial charge in [0.05, 0.1) is 11.8 Å². The van der Waals surface area contributed by atoms with Crippen LogP contribution in [0.1, 0.15) is 28.6 Å². The Morgan fingerprint density at radius 2 is 1.85 bits per heavy atom. The number of halogens is 3. The van der Waals surface area contributed by atoms with Crippen LogP contribution in [0.4, 0.5) is 19.0 Å². The SMILES string of the molecule is CC(=O)c1ccc(-c2ccc(/C=N\Nc3ccc(C(F)(F)F)cn3)o2)cc1. The second-order valence-corrected chi connectivity index (χ2v) is 5.64. The fourth-order valence-corrected chi connectivity index (χ4v) is 2.24. The molecule has 5 nitrogen and oxygen atoms in total. The maximum absolute atomic E-state index is 12.5. The summed E-state index contributed by atoms with van der Waals surface area (Å²) in [6.45, 7) is 1.50. The van der Waals surface area contributed by atoms with Crippen LogP contribution in [0.15, 0.2) is 64.2 Å². The van der Waals surface area contributed by atoms with Crippen LogP contribution >= 0.6 is 0 Å². The van der Waals surface area contributed by atoms with Gasteiger partial charge < -0.3 is 4.42 Å². The van der Waals surface area contributed by atoms with E-state index >= 15 is 0 Å². The normalized spacial score (nSPS) is 11.7. The number of anilines is 1. The lowest BCUT2D eigenvalue weighted by Gasteiger charge is -2.06. The third-order valence-corrected chi connectivity index (χ3v) is 3.66. The number of pyridine rings is 1. The highest BCUT2D eigenvalue weighted by atomic mass is 19.4.